The van der Waals surface area contributed by atoms with Crippen molar-refractivity contribution in [2.75, 3.05) is 13.6 Å². The van der Waals surface area contributed by atoms with E-state index in [1.807, 2.05) is 19.2 Å². The van der Waals surface area contributed by atoms with Gasteiger partial charge in [0, 0.05) is 16.6 Å². The van der Waals surface area contributed by atoms with Crippen LogP contribution in [0.5, 0.6) is 0 Å². The number of halogens is 1. The first-order chi connectivity index (χ1) is 8.16. The topological polar surface area (TPSA) is 20.3 Å². The van der Waals surface area contributed by atoms with Gasteiger partial charge in [-0.3, -0.25) is 9.69 Å². The van der Waals surface area contributed by atoms with Crippen LogP contribution in [-0.2, 0) is 0 Å². The Bertz CT molecular complexity index is 399. The molecule has 0 saturated heterocycles. The Morgan fingerprint density at radius 2 is 2.12 bits per heavy atom. The summed E-state index contributed by atoms with van der Waals surface area (Å²) in [5, 5.41) is 0.624. The molecular weight excluding hydrogens is 234 g/mol. The average molecular weight is 252 g/mol. The number of hydrogen-bond donors (Lipinski definition) is 0. The van der Waals surface area contributed by atoms with E-state index in [0.29, 0.717) is 23.2 Å². The highest BCUT2D eigenvalue weighted by Gasteiger charge is 2.21. The van der Waals surface area contributed by atoms with E-state index >= 15 is 0 Å². The molecule has 1 aliphatic rings. The number of likely N-dealkylation sites (N-methyl/N-ethyl adjacent to an activating group) is 1. The Labute approximate surface area is 108 Å². The Kier molecular flexibility index (Phi) is 4.19. The molecule has 1 saturated carbocycles. The summed E-state index contributed by atoms with van der Waals surface area (Å²) in [4.78, 5) is 14.2. The van der Waals surface area contributed by atoms with E-state index in [-0.39, 0.29) is 5.78 Å². The van der Waals surface area contributed by atoms with Gasteiger partial charge in [-0.15, -0.1) is 0 Å². The van der Waals surface area contributed by atoms with Gasteiger partial charge in [-0.1, -0.05) is 36.6 Å². The van der Waals surface area contributed by atoms with Crippen LogP contribution in [-0.4, -0.2) is 30.3 Å². The van der Waals surface area contributed by atoms with Gasteiger partial charge in [0.2, 0.25) is 0 Å². The Morgan fingerprint density at radius 3 is 2.76 bits per heavy atom. The van der Waals surface area contributed by atoms with E-state index in [1.54, 1.807) is 12.1 Å². The molecule has 2 nitrogen and oxygen atoms in total. The van der Waals surface area contributed by atoms with Crippen LogP contribution >= 0.6 is 11.6 Å². The third-order valence-electron chi connectivity index (χ3n) is 3.49. The molecule has 1 aliphatic carbocycles. The van der Waals surface area contributed by atoms with Crippen LogP contribution in [0, 0.1) is 0 Å². The van der Waals surface area contributed by atoms with Crippen molar-refractivity contribution in [2.24, 2.45) is 0 Å². The SMILES string of the molecule is CN(CC(=O)c1cccc(Cl)c1)C1CCCC1. The van der Waals surface area contributed by atoms with Crippen molar-refractivity contribution >= 4 is 17.4 Å². The summed E-state index contributed by atoms with van der Waals surface area (Å²) in [7, 11) is 2.04. The molecule has 0 heterocycles. The van der Waals surface area contributed by atoms with Gasteiger partial charge in [0.1, 0.15) is 0 Å². The zero-order valence-electron chi connectivity index (χ0n) is 10.2. The minimum Gasteiger partial charge on any atom is -0.296 e. The molecule has 92 valence electrons. The first-order valence-corrected chi connectivity index (χ1v) is 6.53. The number of nitrogens with zero attached hydrogens (tertiary/aromatic N) is 1. The lowest BCUT2D eigenvalue weighted by Crippen LogP contribution is -2.34. The fourth-order valence-electron chi connectivity index (χ4n) is 2.45. The Hall–Kier alpha value is -0.860. The van der Waals surface area contributed by atoms with Crippen LogP contribution in [0.15, 0.2) is 24.3 Å². The third kappa shape index (κ3) is 3.30. The predicted octanol–water partition coefficient (Wildman–Crippen LogP) is 3.40. The molecule has 3 heteroatoms. The second-order valence-corrected chi connectivity index (χ2v) is 5.22. The van der Waals surface area contributed by atoms with Crippen molar-refractivity contribution in [3.05, 3.63) is 34.9 Å². The Morgan fingerprint density at radius 1 is 1.41 bits per heavy atom. The summed E-state index contributed by atoms with van der Waals surface area (Å²) in [6.07, 6.45) is 5.03. The standard InChI is InChI=1S/C14H18ClNO/c1-16(13-7-2-3-8-13)10-14(17)11-5-4-6-12(15)9-11/h4-6,9,13H,2-3,7-8,10H2,1H3. The lowest BCUT2D eigenvalue weighted by Gasteiger charge is -2.23. The van der Waals surface area contributed by atoms with Gasteiger partial charge in [-0.2, -0.15) is 0 Å². The normalized spacial score (nSPS) is 16.6. The lowest BCUT2D eigenvalue weighted by atomic mass is 10.1. The van der Waals surface area contributed by atoms with Crippen LogP contribution < -0.4 is 0 Å². The van der Waals surface area contributed by atoms with Gasteiger partial charge in [0.25, 0.3) is 0 Å². The highest BCUT2D eigenvalue weighted by atomic mass is 35.5. The maximum absolute atomic E-state index is 12.1. The van der Waals surface area contributed by atoms with Crippen molar-refractivity contribution in [3.63, 3.8) is 0 Å². The number of Topliss-reactive ketones (excluding diaryl/α,β-unsaturated/α-hetero) is 1. The van der Waals surface area contributed by atoms with E-state index in [2.05, 4.69) is 4.90 Å². The molecular formula is C14H18ClNO. The van der Waals surface area contributed by atoms with Gasteiger partial charge in [0.15, 0.2) is 5.78 Å². The molecule has 0 radical (unpaired) electrons. The molecule has 0 unspecified atom stereocenters. The molecule has 1 fully saturated rings. The monoisotopic (exact) mass is 251 g/mol. The zero-order valence-corrected chi connectivity index (χ0v) is 10.9. The second kappa shape index (κ2) is 5.65. The van der Waals surface area contributed by atoms with E-state index < -0.39 is 0 Å². The van der Waals surface area contributed by atoms with Gasteiger partial charge >= 0.3 is 0 Å². The summed E-state index contributed by atoms with van der Waals surface area (Å²) in [6.45, 7) is 0.491. The predicted molar refractivity (Wildman–Crippen MR) is 70.7 cm³/mol. The number of ketones is 1. The zero-order chi connectivity index (χ0) is 12.3. The van der Waals surface area contributed by atoms with Crippen molar-refractivity contribution < 1.29 is 4.79 Å². The van der Waals surface area contributed by atoms with Crippen LogP contribution in [0.2, 0.25) is 5.02 Å². The van der Waals surface area contributed by atoms with Crippen molar-refractivity contribution in [3.8, 4) is 0 Å². The average Bonchev–Trinajstić information content (AvgIpc) is 2.82. The van der Waals surface area contributed by atoms with E-state index in [1.165, 1.54) is 25.7 Å². The molecule has 0 bridgehead atoms. The minimum atomic E-state index is 0.155. The molecule has 0 atom stereocenters. The highest BCUT2D eigenvalue weighted by Crippen LogP contribution is 2.22. The first kappa shape index (κ1) is 12.6. The van der Waals surface area contributed by atoms with Gasteiger partial charge < -0.3 is 0 Å². The summed E-state index contributed by atoms with van der Waals surface area (Å²) in [5.41, 5.74) is 0.711. The number of carbonyl (C=O) groups excluding carboxylic acids is 1. The number of benzene rings is 1. The van der Waals surface area contributed by atoms with Crippen LogP contribution in [0.25, 0.3) is 0 Å². The summed E-state index contributed by atoms with van der Waals surface area (Å²) in [5.74, 6) is 0.155. The fourth-order valence-corrected chi connectivity index (χ4v) is 2.64. The van der Waals surface area contributed by atoms with Crippen molar-refractivity contribution in [1.82, 2.24) is 4.90 Å². The molecule has 2 rings (SSSR count). The largest absolute Gasteiger partial charge is 0.296 e. The lowest BCUT2D eigenvalue weighted by molar-refractivity contribution is 0.0921. The molecule has 17 heavy (non-hydrogen) atoms. The smallest absolute Gasteiger partial charge is 0.176 e. The molecule has 0 aromatic heterocycles. The number of hydrogen-bond acceptors (Lipinski definition) is 2. The van der Waals surface area contributed by atoms with E-state index in [4.69, 9.17) is 11.6 Å². The molecule has 0 N–H and O–H groups in total. The van der Waals surface area contributed by atoms with Crippen LogP contribution in [0.3, 0.4) is 0 Å². The van der Waals surface area contributed by atoms with E-state index in [0.717, 1.165) is 0 Å². The molecule has 0 aliphatic heterocycles. The Balaban J connectivity index is 1.96. The molecule has 1 aromatic rings. The van der Waals surface area contributed by atoms with Gasteiger partial charge in [0.05, 0.1) is 6.54 Å². The maximum Gasteiger partial charge on any atom is 0.176 e. The number of carbonyl (C=O) groups is 1. The van der Waals surface area contributed by atoms with E-state index in [9.17, 15) is 4.79 Å². The van der Waals surface area contributed by atoms with Crippen LogP contribution in [0.1, 0.15) is 36.0 Å². The molecule has 0 amide bonds. The summed E-state index contributed by atoms with van der Waals surface area (Å²) in [6, 6.07) is 7.77. The quantitative estimate of drug-likeness (QED) is 0.765. The van der Waals surface area contributed by atoms with Gasteiger partial charge in [-0.05, 0) is 32.0 Å². The molecule has 1 aromatic carbocycles. The van der Waals surface area contributed by atoms with Crippen molar-refractivity contribution in [2.45, 2.75) is 31.7 Å². The van der Waals surface area contributed by atoms with Gasteiger partial charge in [-0.25, -0.2) is 0 Å². The highest BCUT2D eigenvalue weighted by molar-refractivity contribution is 6.31. The summed E-state index contributed by atoms with van der Waals surface area (Å²) < 4.78 is 0. The van der Waals surface area contributed by atoms with Crippen molar-refractivity contribution in [1.29, 1.82) is 0 Å². The minimum absolute atomic E-state index is 0.155. The third-order valence-corrected chi connectivity index (χ3v) is 3.72. The first-order valence-electron chi connectivity index (χ1n) is 6.16. The summed E-state index contributed by atoms with van der Waals surface area (Å²) >= 11 is 5.89. The molecule has 0 spiro atoms. The fraction of sp³-hybridized carbons (Fsp3) is 0.500. The maximum atomic E-state index is 12.1. The second-order valence-electron chi connectivity index (χ2n) is 4.79. The van der Waals surface area contributed by atoms with Crippen LogP contribution in [0.4, 0.5) is 0 Å². The number of rotatable bonds is 4.